The Morgan fingerprint density at radius 1 is 0.667 bits per heavy atom. The Balaban J connectivity index is 0.00000187. The van der Waals surface area contributed by atoms with Crippen LogP contribution in [0.4, 0.5) is 0 Å². The molecule has 0 saturated carbocycles. The molecule has 0 bridgehead atoms. The van der Waals surface area contributed by atoms with Gasteiger partial charge in [0.2, 0.25) is 0 Å². The molecule has 0 unspecified atom stereocenters. The van der Waals surface area contributed by atoms with Gasteiger partial charge in [0, 0.05) is 0 Å². The zero-order valence-electron chi connectivity index (χ0n) is 22.0. The van der Waals surface area contributed by atoms with Gasteiger partial charge in [0.15, 0.2) is 0 Å². The van der Waals surface area contributed by atoms with Crippen LogP contribution in [-0.2, 0) is 5.41 Å². The average Bonchev–Trinajstić information content (AvgIpc) is 2.82. The fraction of sp³-hybridized carbons (Fsp3) is 0.400. The van der Waals surface area contributed by atoms with E-state index in [9.17, 15) is 0 Å². The first kappa shape index (κ1) is 26.9. The molecular formula is C30H41O2P. The monoisotopic (exact) mass is 464 g/mol. The molecule has 3 aromatic carbocycles. The molecule has 0 spiro atoms. The van der Waals surface area contributed by atoms with E-state index in [2.05, 4.69) is 97.0 Å². The van der Waals surface area contributed by atoms with Crippen LogP contribution in [0.25, 0.3) is 0 Å². The molecule has 3 aromatic rings. The summed E-state index contributed by atoms with van der Waals surface area (Å²) in [5.74, 6) is 1.75. The SMILES string of the molecule is CC.CCC(C)(CC)c1ccc(P(Oc2ccc(C)cc2C)Oc2ccc(C)cc2C)cc1. The molecule has 0 amide bonds. The third-order valence-electron chi connectivity index (χ3n) is 6.36. The van der Waals surface area contributed by atoms with Crippen molar-refractivity contribution in [1.82, 2.24) is 0 Å². The van der Waals surface area contributed by atoms with Crippen LogP contribution in [0.3, 0.4) is 0 Å². The summed E-state index contributed by atoms with van der Waals surface area (Å²) in [6.07, 6.45) is 2.24. The quantitative estimate of drug-likeness (QED) is 0.309. The van der Waals surface area contributed by atoms with Gasteiger partial charge in [-0.15, -0.1) is 0 Å². The number of hydrogen-bond acceptors (Lipinski definition) is 2. The number of hydrogen-bond donors (Lipinski definition) is 0. The molecule has 0 fully saturated rings. The smallest absolute Gasteiger partial charge is 0.326 e. The summed E-state index contributed by atoms with van der Waals surface area (Å²) in [5.41, 5.74) is 6.27. The minimum absolute atomic E-state index is 0.199. The largest absolute Gasteiger partial charge is 0.435 e. The van der Waals surface area contributed by atoms with Crippen molar-refractivity contribution >= 4 is 13.7 Å². The van der Waals surface area contributed by atoms with Crippen molar-refractivity contribution in [3.8, 4) is 11.5 Å². The molecule has 0 atom stereocenters. The Hall–Kier alpha value is -2.31. The van der Waals surface area contributed by atoms with Crippen molar-refractivity contribution in [3.63, 3.8) is 0 Å². The van der Waals surface area contributed by atoms with Gasteiger partial charge in [-0.2, -0.15) is 0 Å². The van der Waals surface area contributed by atoms with E-state index in [0.29, 0.717) is 0 Å². The van der Waals surface area contributed by atoms with Gasteiger partial charge in [-0.25, -0.2) is 0 Å². The lowest BCUT2D eigenvalue weighted by Crippen LogP contribution is -2.20. The summed E-state index contributed by atoms with van der Waals surface area (Å²) in [5, 5.41) is 1.08. The second-order valence-corrected chi connectivity index (χ2v) is 10.2. The molecule has 3 heteroatoms. The maximum Gasteiger partial charge on any atom is 0.326 e. The van der Waals surface area contributed by atoms with E-state index in [1.54, 1.807) is 0 Å². The highest BCUT2D eigenvalue weighted by Gasteiger charge is 2.24. The number of aryl methyl sites for hydroxylation is 4. The Kier molecular flexibility index (Phi) is 9.99. The van der Waals surface area contributed by atoms with Crippen LogP contribution in [-0.4, -0.2) is 0 Å². The Bertz CT molecular complexity index is 966. The summed E-state index contributed by atoms with van der Waals surface area (Å²) < 4.78 is 13.0. The minimum atomic E-state index is -1.32. The van der Waals surface area contributed by atoms with Crippen molar-refractivity contribution in [2.75, 3.05) is 0 Å². The summed E-state index contributed by atoms with van der Waals surface area (Å²) in [6.45, 7) is 19.2. The summed E-state index contributed by atoms with van der Waals surface area (Å²) in [6, 6.07) is 21.4. The molecule has 0 aliphatic heterocycles. The van der Waals surface area contributed by atoms with Crippen molar-refractivity contribution in [2.45, 2.75) is 80.6 Å². The van der Waals surface area contributed by atoms with Crippen molar-refractivity contribution < 1.29 is 9.05 Å². The predicted octanol–water partition coefficient (Wildman–Crippen LogP) is 9.12. The van der Waals surface area contributed by atoms with Gasteiger partial charge in [-0.05, 0) is 86.9 Å². The molecule has 2 nitrogen and oxygen atoms in total. The molecule has 0 aliphatic rings. The van der Waals surface area contributed by atoms with Crippen molar-refractivity contribution in [2.24, 2.45) is 0 Å². The first-order valence-electron chi connectivity index (χ1n) is 12.2. The van der Waals surface area contributed by atoms with Gasteiger partial charge >= 0.3 is 8.38 Å². The topological polar surface area (TPSA) is 18.5 Å². The van der Waals surface area contributed by atoms with E-state index >= 15 is 0 Å². The zero-order valence-corrected chi connectivity index (χ0v) is 22.8. The third-order valence-corrected chi connectivity index (χ3v) is 7.80. The van der Waals surface area contributed by atoms with E-state index in [4.69, 9.17) is 9.05 Å². The number of rotatable bonds is 8. The summed E-state index contributed by atoms with van der Waals surface area (Å²) in [7, 11) is -1.32. The van der Waals surface area contributed by atoms with E-state index in [0.717, 1.165) is 40.8 Å². The Morgan fingerprint density at radius 2 is 1.09 bits per heavy atom. The van der Waals surface area contributed by atoms with Gasteiger partial charge in [0.25, 0.3) is 0 Å². The standard InChI is InChI=1S/C28H35O2P.C2H6/c1-8-28(7,9-2)24-12-14-25(15-13-24)31(29-26-16-10-20(3)18-22(26)5)30-27-17-11-21(4)19-23(27)6;1-2/h10-19H,8-9H2,1-7H3;1-2H3. The van der Waals surface area contributed by atoms with Crippen LogP contribution in [0, 0.1) is 27.7 Å². The second-order valence-electron chi connectivity index (χ2n) is 8.79. The lowest BCUT2D eigenvalue weighted by molar-refractivity contribution is 0.439. The molecule has 0 N–H and O–H groups in total. The van der Waals surface area contributed by atoms with Crippen LogP contribution >= 0.6 is 8.38 Å². The van der Waals surface area contributed by atoms with Gasteiger partial charge in [0.1, 0.15) is 11.5 Å². The highest BCUT2D eigenvalue weighted by Crippen LogP contribution is 2.42. The van der Waals surface area contributed by atoms with Gasteiger partial charge < -0.3 is 9.05 Å². The van der Waals surface area contributed by atoms with Crippen LogP contribution in [0.5, 0.6) is 11.5 Å². The lowest BCUT2D eigenvalue weighted by Gasteiger charge is -2.28. The summed E-state index contributed by atoms with van der Waals surface area (Å²) >= 11 is 0. The molecular weight excluding hydrogens is 423 g/mol. The fourth-order valence-corrected chi connectivity index (χ4v) is 5.16. The Morgan fingerprint density at radius 3 is 1.45 bits per heavy atom. The van der Waals surface area contributed by atoms with E-state index in [-0.39, 0.29) is 5.41 Å². The fourth-order valence-electron chi connectivity index (χ4n) is 3.75. The molecule has 178 valence electrons. The maximum atomic E-state index is 6.50. The van der Waals surface area contributed by atoms with Crippen LogP contribution < -0.4 is 14.4 Å². The van der Waals surface area contributed by atoms with Gasteiger partial charge in [-0.3, -0.25) is 0 Å². The molecule has 3 rings (SSSR count). The van der Waals surface area contributed by atoms with Crippen molar-refractivity contribution in [3.05, 3.63) is 88.5 Å². The molecule has 0 aliphatic carbocycles. The van der Waals surface area contributed by atoms with E-state index in [1.165, 1.54) is 16.7 Å². The van der Waals surface area contributed by atoms with Gasteiger partial charge in [0.05, 0.1) is 5.30 Å². The molecule has 33 heavy (non-hydrogen) atoms. The third kappa shape index (κ3) is 6.84. The average molecular weight is 465 g/mol. The molecule has 0 radical (unpaired) electrons. The zero-order chi connectivity index (χ0) is 24.6. The predicted molar refractivity (Wildman–Crippen MR) is 145 cm³/mol. The van der Waals surface area contributed by atoms with Gasteiger partial charge in [-0.1, -0.05) is 82.1 Å². The molecule has 0 saturated heterocycles. The molecule has 0 aromatic heterocycles. The highest BCUT2D eigenvalue weighted by atomic mass is 31.2. The first-order valence-corrected chi connectivity index (χ1v) is 13.3. The lowest BCUT2D eigenvalue weighted by atomic mass is 9.78. The Labute approximate surface area is 203 Å². The van der Waals surface area contributed by atoms with Crippen molar-refractivity contribution in [1.29, 1.82) is 0 Å². The van der Waals surface area contributed by atoms with Crippen LogP contribution in [0.2, 0.25) is 0 Å². The van der Waals surface area contributed by atoms with E-state index < -0.39 is 8.38 Å². The first-order chi connectivity index (χ1) is 15.8. The summed E-state index contributed by atoms with van der Waals surface area (Å²) in [4.78, 5) is 0. The normalized spacial score (nSPS) is 11.1. The van der Waals surface area contributed by atoms with Crippen LogP contribution in [0.1, 0.15) is 75.3 Å². The van der Waals surface area contributed by atoms with Crippen LogP contribution in [0.15, 0.2) is 60.7 Å². The maximum absolute atomic E-state index is 6.50. The number of benzene rings is 3. The van der Waals surface area contributed by atoms with E-state index in [1.807, 2.05) is 26.0 Å². The second kappa shape index (κ2) is 12.2. The highest BCUT2D eigenvalue weighted by molar-refractivity contribution is 7.56. The minimum Gasteiger partial charge on any atom is -0.435 e. The molecule has 0 heterocycles.